The molecule has 136 valence electrons. The zero-order chi connectivity index (χ0) is 16.7. The maximum Gasteiger partial charge on any atom is 0.229 e. The van der Waals surface area contributed by atoms with Crippen LogP contribution in [0.15, 0.2) is 24.3 Å². The smallest absolute Gasteiger partial charge is 0.229 e. The minimum Gasteiger partial charge on any atom is -0.327 e. The van der Waals surface area contributed by atoms with Crippen LogP contribution in [0.4, 0.5) is 11.4 Å². The number of fused-ring (bicyclic) bond motifs is 2. The molecule has 2 aliphatic carbocycles. The van der Waals surface area contributed by atoms with E-state index in [0.717, 1.165) is 43.6 Å². The van der Waals surface area contributed by atoms with Crippen molar-refractivity contribution < 1.29 is 9.59 Å². The third kappa shape index (κ3) is 3.40. The van der Waals surface area contributed by atoms with Crippen LogP contribution < -0.4 is 16.0 Å². The first-order valence-corrected chi connectivity index (χ1v) is 9.10. The van der Waals surface area contributed by atoms with Gasteiger partial charge >= 0.3 is 0 Å². The van der Waals surface area contributed by atoms with Crippen molar-refractivity contribution >= 4 is 35.6 Å². The molecule has 4 atom stereocenters. The molecule has 1 saturated heterocycles. The van der Waals surface area contributed by atoms with Crippen molar-refractivity contribution in [2.75, 3.05) is 16.8 Å². The fourth-order valence-corrected chi connectivity index (χ4v) is 4.78. The Kier molecular flexibility index (Phi) is 5.35. The number of carbonyl (C=O) groups excluding carboxylic acids is 2. The van der Waals surface area contributed by atoms with Gasteiger partial charge in [-0.05, 0) is 62.1 Å². The molecule has 4 rings (SSSR count). The minimum atomic E-state index is -0.0657. The van der Waals surface area contributed by atoms with E-state index >= 15 is 0 Å². The molecule has 1 heterocycles. The average Bonchev–Trinajstić information content (AvgIpc) is 3.16. The van der Waals surface area contributed by atoms with E-state index < -0.39 is 0 Å². The minimum absolute atomic E-state index is 0. The molecule has 3 fully saturated rings. The highest BCUT2D eigenvalue weighted by atomic mass is 35.5. The highest BCUT2D eigenvalue weighted by Crippen LogP contribution is 2.47. The first-order valence-electron chi connectivity index (χ1n) is 9.10. The number of nitrogens with two attached hydrogens (primary N) is 1. The Morgan fingerprint density at radius 2 is 2.00 bits per heavy atom. The zero-order valence-corrected chi connectivity index (χ0v) is 15.1. The van der Waals surface area contributed by atoms with Crippen LogP contribution in [-0.4, -0.2) is 24.4 Å². The van der Waals surface area contributed by atoms with Gasteiger partial charge in [0, 0.05) is 30.4 Å². The number of nitrogens with one attached hydrogen (secondary N) is 1. The summed E-state index contributed by atoms with van der Waals surface area (Å²) in [4.78, 5) is 26.6. The molecule has 2 saturated carbocycles. The summed E-state index contributed by atoms with van der Waals surface area (Å²) in [5.41, 5.74) is 7.90. The largest absolute Gasteiger partial charge is 0.327 e. The van der Waals surface area contributed by atoms with Gasteiger partial charge in [0.15, 0.2) is 0 Å². The number of carbonyl (C=O) groups is 2. The van der Waals surface area contributed by atoms with E-state index in [0.29, 0.717) is 18.3 Å². The molecule has 1 aliphatic heterocycles. The van der Waals surface area contributed by atoms with Gasteiger partial charge in [0.25, 0.3) is 0 Å². The third-order valence-electron chi connectivity index (χ3n) is 6.03. The molecule has 25 heavy (non-hydrogen) atoms. The van der Waals surface area contributed by atoms with Crippen molar-refractivity contribution in [2.45, 2.75) is 44.6 Å². The highest BCUT2D eigenvalue weighted by Gasteiger charge is 2.49. The summed E-state index contributed by atoms with van der Waals surface area (Å²) in [6.45, 7) is 0.757. The molecule has 6 heteroatoms. The van der Waals surface area contributed by atoms with Crippen molar-refractivity contribution in [1.82, 2.24) is 0 Å². The molecule has 4 unspecified atom stereocenters. The van der Waals surface area contributed by atoms with Crippen LogP contribution in [0.25, 0.3) is 0 Å². The van der Waals surface area contributed by atoms with Gasteiger partial charge in [-0.2, -0.15) is 0 Å². The molecule has 0 spiro atoms. The van der Waals surface area contributed by atoms with Crippen molar-refractivity contribution in [2.24, 2.45) is 23.5 Å². The lowest BCUT2D eigenvalue weighted by Gasteiger charge is -2.28. The third-order valence-corrected chi connectivity index (χ3v) is 6.03. The van der Waals surface area contributed by atoms with Crippen LogP contribution in [0.2, 0.25) is 0 Å². The van der Waals surface area contributed by atoms with Gasteiger partial charge < -0.3 is 16.0 Å². The normalized spacial score (nSPS) is 30.9. The van der Waals surface area contributed by atoms with Crippen molar-refractivity contribution in [3.05, 3.63) is 24.3 Å². The lowest BCUT2D eigenvalue weighted by Crippen LogP contribution is -2.42. The Morgan fingerprint density at radius 3 is 2.72 bits per heavy atom. The number of hydrogen-bond donors (Lipinski definition) is 2. The van der Waals surface area contributed by atoms with Gasteiger partial charge in [0.1, 0.15) is 0 Å². The van der Waals surface area contributed by atoms with Gasteiger partial charge in [0.05, 0.1) is 5.92 Å². The Morgan fingerprint density at radius 1 is 1.20 bits per heavy atom. The Labute approximate surface area is 154 Å². The highest BCUT2D eigenvalue weighted by molar-refractivity contribution is 5.97. The predicted octanol–water partition coefficient (Wildman–Crippen LogP) is 2.94. The number of rotatable bonds is 3. The monoisotopic (exact) mass is 363 g/mol. The van der Waals surface area contributed by atoms with Crippen LogP contribution in [0.3, 0.4) is 0 Å². The molecule has 2 amide bonds. The van der Waals surface area contributed by atoms with E-state index in [1.807, 2.05) is 29.2 Å². The van der Waals surface area contributed by atoms with Crippen molar-refractivity contribution in [1.29, 1.82) is 0 Å². The van der Waals surface area contributed by atoms with E-state index in [1.165, 1.54) is 6.42 Å². The van der Waals surface area contributed by atoms with Gasteiger partial charge in [-0.1, -0.05) is 6.07 Å². The number of hydrogen-bond acceptors (Lipinski definition) is 3. The van der Waals surface area contributed by atoms with Gasteiger partial charge in [-0.15, -0.1) is 12.4 Å². The Balaban J connectivity index is 0.00000182. The summed E-state index contributed by atoms with van der Waals surface area (Å²) in [5, 5.41) is 3.04. The number of nitrogens with zero attached hydrogens (tertiary/aromatic N) is 1. The Bertz CT molecular complexity index is 664. The van der Waals surface area contributed by atoms with E-state index in [1.54, 1.807) is 0 Å². The van der Waals surface area contributed by atoms with E-state index in [-0.39, 0.29) is 36.2 Å². The summed E-state index contributed by atoms with van der Waals surface area (Å²) >= 11 is 0. The fraction of sp³-hybridized carbons (Fsp3) is 0.579. The quantitative estimate of drug-likeness (QED) is 0.866. The van der Waals surface area contributed by atoms with E-state index in [9.17, 15) is 9.59 Å². The second-order valence-corrected chi connectivity index (χ2v) is 7.48. The van der Waals surface area contributed by atoms with Crippen LogP contribution in [0.1, 0.15) is 38.5 Å². The summed E-state index contributed by atoms with van der Waals surface area (Å²) in [6.07, 6.45) is 6.00. The summed E-state index contributed by atoms with van der Waals surface area (Å²) < 4.78 is 0. The number of anilines is 2. The van der Waals surface area contributed by atoms with Crippen LogP contribution in [-0.2, 0) is 9.59 Å². The number of amides is 2. The number of halogens is 1. The number of piperidine rings is 1. The molecule has 1 aromatic rings. The molecule has 3 aliphatic rings. The summed E-state index contributed by atoms with van der Waals surface area (Å²) in [6, 6.07) is 7.61. The first kappa shape index (κ1) is 18.2. The lowest BCUT2D eigenvalue weighted by molar-refractivity contribution is -0.122. The van der Waals surface area contributed by atoms with Gasteiger partial charge in [-0.3, -0.25) is 9.59 Å². The number of benzene rings is 1. The molecule has 3 N–H and O–H groups in total. The summed E-state index contributed by atoms with van der Waals surface area (Å²) in [7, 11) is 0. The second-order valence-electron chi connectivity index (χ2n) is 7.48. The summed E-state index contributed by atoms with van der Waals surface area (Å²) in [5.74, 6) is 1.10. The standard InChI is InChI=1S/C19H25N3O2.ClH/c20-18-13-8-7-12(10-13)17(18)19(24)21-14-4-3-5-15(11-14)22-9-2-1-6-16(22)23;/h3-5,11-13,17-18H,1-2,6-10,20H2,(H,21,24);1H. The SMILES string of the molecule is Cl.NC1C2CCC(C2)C1C(=O)Nc1cccc(N2CCCCC2=O)c1. The lowest BCUT2D eigenvalue weighted by atomic mass is 9.84. The van der Waals surface area contributed by atoms with E-state index in [2.05, 4.69) is 5.32 Å². The molecule has 0 aromatic heterocycles. The average molecular weight is 364 g/mol. The topological polar surface area (TPSA) is 75.4 Å². The second kappa shape index (κ2) is 7.34. The molecule has 0 radical (unpaired) electrons. The van der Waals surface area contributed by atoms with Gasteiger partial charge in [0.2, 0.25) is 11.8 Å². The molecule has 5 nitrogen and oxygen atoms in total. The Hall–Kier alpha value is -1.59. The van der Waals surface area contributed by atoms with Crippen LogP contribution in [0, 0.1) is 17.8 Å². The van der Waals surface area contributed by atoms with Crippen LogP contribution >= 0.6 is 12.4 Å². The molecule has 2 bridgehead atoms. The van der Waals surface area contributed by atoms with Crippen molar-refractivity contribution in [3.63, 3.8) is 0 Å². The van der Waals surface area contributed by atoms with Gasteiger partial charge in [-0.25, -0.2) is 0 Å². The van der Waals surface area contributed by atoms with E-state index in [4.69, 9.17) is 5.73 Å². The maximum atomic E-state index is 12.7. The molecule has 1 aromatic carbocycles. The molecular weight excluding hydrogens is 338 g/mol. The maximum absolute atomic E-state index is 12.7. The van der Waals surface area contributed by atoms with Crippen molar-refractivity contribution in [3.8, 4) is 0 Å². The molecular formula is C19H26ClN3O2. The first-order chi connectivity index (χ1) is 11.6. The predicted molar refractivity (Wildman–Crippen MR) is 101 cm³/mol. The van der Waals surface area contributed by atoms with Crippen LogP contribution in [0.5, 0.6) is 0 Å². The fourth-order valence-electron chi connectivity index (χ4n) is 4.78. The zero-order valence-electron chi connectivity index (χ0n) is 14.3.